The van der Waals surface area contributed by atoms with Gasteiger partial charge >= 0.3 is 0 Å². The summed E-state index contributed by atoms with van der Waals surface area (Å²) in [6, 6.07) is 6.99. The molecule has 1 aromatic carbocycles. The number of rotatable bonds is 5. The zero-order valence-corrected chi connectivity index (χ0v) is 11.4. The third-order valence-electron chi connectivity index (χ3n) is 2.94. The van der Waals surface area contributed by atoms with Crippen molar-refractivity contribution in [2.24, 2.45) is 11.7 Å². The molecule has 3 N–H and O–H groups in total. The van der Waals surface area contributed by atoms with Crippen molar-refractivity contribution in [1.29, 1.82) is 0 Å². The first-order valence-corrected chi connectivity index (χ1v) is 6.69. The zero-order chi connectivity index (χ0) is 13.1. The zero-order valence-electron chi connectivity index (χ0n) is 9.86. The molecule has 96 valence electrons. The van der Waals surface area contributed by atoms with Crippen molar-refractivity contribution < 1.29 is 9.59 Å². The molecule has 1 aliphatic carbocycles. The van der Waals surface area contributed by atoms with Gasteiger partial charge in [-0.3, -0.25) is 9.59 Å². The van der Waals surface area contributed by atoms with Crippen LogP contribution < -0.4 is 11.1 Å². The van der Waals surface area contributed by atoms with E-state index in [1.807, 2.05) is 24.3 Å². The van der Waals surface area contributed by atoms with Crippen LogP contribution >= 0.6 is 15.9 Å². The fourth-order valence-electron chi connectivity index (χ4n) is 1.76. The fraction of sp³-hybridized carbons (Fsp3) is 0.385. The van der Waals surface area contributed by atoms with E-state index in [0.29, 0.717) is 6.42 Å². The highest BCUT2D eigenvalue weighted by atomic mass is 79.9. The predicted molar refractivity (Wildman–Crippen MR) is 71.7 cm³/mol. The maximum absolute atomic E-state index is 11.6. The second-order valence-corrected chi connectivity index (χ2v) is 5.49. The van der Waals surface area contributed by atoms with E-state index in [0.717, 1.165) is 22.9 Å². The van der Waals surface area contributed by atoms with Crippen molar-refractivity contribution in [2.45, 2.75) is 25.3 Å². The van der Waals surface area contributed by atoms with Crippen LogP contribution in [0.1, 0.15) is 18.4 Å². The maximum Gasteiger partial charge on any atom is 0.240 e. The molecule has 5 heteroatoms. The lowest BCUT2D eigenvalue weighted by Crippen LogP contribution is -2.46. The van der Waals surface area contributed by atoms with Gasteiger partial charge in [0.2, 0.25) is 11.8 Å². The first-order chi connectivity index (χ1) is 8.56. The van der Waals surface area contributed by atoms with Crippen LogP contribution in [0, 0.1) is 5.92 Å². The minimum absolute atomic E-state index is 0.0613. The smallest absolute Gasteiger partial charge is 0.240 e. The van der Waals surface area contributed by atoms with Gasteiger partial charge in [0, 0.05) is 16.8 Å². The topological polar surface area (TPSA) is 72.2 Å². The van der Waals surface area contributed by atoms with Crippen molar-refractivity contribution in [1.82, 2.24) is 5.32 Å². The molecule has 1 fully saturated rings. The summed E-state index contributed by atoms with van der Waals surface area (Å²) in [4.78, 5) is 23.0. The SMILES string of the molecule is NC(=O)[C@H](Cc1cccc(Br)c1)NC(=O)C1CC1. The lowest BCUT2D eigenvalue weighted by atomic mass is 10.1. The van der Waals surface area contributed by atoms with Gasteiger partial charge in [-0.15, -0.1) is 0 Å². The van der Waals surface area contributed by atoms with Crippen LogP contribution in [0.2, 0.25) is 0 Å². The summed E-state index contributed by atoms with van der Waals surface area (Å²) >= 11 is 3.37. The lowest BCUT2D eigenvalue weighted by molar-refractivity contribution is -0.128. The molecule has 0 aromatic heterocycles. The number of hydrogen-bond acceptors (Lipinski definition) is 2. The average molecular weight is 311 g/mol. The Kier molecular flexibility index (Phi) is 4.01. The summed E-state index contributed by atoms with van der Waals surface area (Å²) in [5.74, 6) is -0.480. The molecule has 0 heterocycles. The number of halogens is 1. The third-order valence-corrected chi connectivity index (χ3v) is 3.43. The van der Waals surface area contributed by atoms with Crippen molar-refractivity contribution in [2.75, 3.05) is 0 Å². The Morgan fingerprint density at radius 3 is 2.72 bits per heavy atom. The van der Waals surface area contributed by atoms with E-state index in [1.54, 1.807) is 0 Å². The van der Waals surface area contributed by atoms with Crippen molar-refractivity contribution in [3.63, 3.8) is 0 Å². The van der Waals surface area contributed by atoms with E-state index in [9.17, 15) is 9.59 Å². The highest BCUT2D eigenvalue weighted by Gasteiger charge is 2.32. The van der Waals surface area contributed by atoms with Gasteiger partial charge < -0.3 is 11.1 Å². The molecule has 1 atom stereocenters. The van der Waals surface area contributed by atoms with Crippen molar-refractivity contribution in [3.8, 4) is 0 Å². The van der Waals surface area contributed by atoms with E-state index in [4.69, 9.17) is 5.73 Å². The summed E-state index contributed by atoms with van der Waals surface area (Å²) < 4.78 is 0.941. The number of carbonyl (C=O) groups is 2. The number of benzene rings is 1. The molecule has 2 rings (SSSR count). The first kappa shape index (κ1) is 13.1. The Bertz CT molecular complexity index is 472. The number of primary amides is 1. The molecule has 1 aromatic rings. The van der Waals surface area contributed by atoms with Gasteiger partial charge in [0.1, 0.15) is 6.04 Å². The second kappa shape index (κ2) is 5.52. The molecule has 1 saturated carbocycles. The average Bonchev–Trinajstić information content (AvgIpc) is 3.11. The van der Waals surface area contributed by atoms with E-state index < -0.39 is 11.9 Å². The van der Waals surface area contributed by atoms with Crippen molar-refractivity contribution >= 4 is 27.7 Å². The Morgan fingerprint density at radius 2 is 2.17 bits per heavy atom. The number of nitrogens with two attached hydrogens (primary N) is 1. The van der Waals surface area contributed by atoms with E-state index in [1.165, 1.54) is 0 Å². The van der Waals surface area contributed by atoms with Crippen LogP contribution in [0.25, 0.3) is 0 Å². The third kappa shape index (κ3) is 3.57. The molecule has 0 bridgehead atoms. The predicted octanol–water partition coefficient (Wildman–Crippen LogP) is 1.37. The Morgan fingerprint density at radius 1 is 1.44 bits per heavy atom. The maximum atomic E-state index is 11.6. The fourth-order valence-corrected chi connectivity index (χ4v) is 2.20. The van der Waals surface area contributed by atoms with Gasteiger partial charge in [0.25, 0.3) is 0 Å². The number of nitrogens with one attached hydrogen (secondary N) is 1. The summed E-state index contributed by atoms with van der Waals surface area (Å²) in [7, 11) is 0. The molecule has 0 spiro atoms. The van der Waals surface area contributed by atoms with E-state index in [-0.39, 0.29) is 11.8 Å². The van der Waals surface area contributed by atoms with Crippen LogP contribution in [0.3, 0.4) is 0 Å². The van der Waals surface area contributed by atoms with Crippen LogP contribution in [0.5, 0.6) is 0 Å². The number of hydrogen-bond donors (Lipinski definition) is 2. The van der Waals surface area contributed by atoms with E-state index >= 15 is 0 Å². The Balaban J connectivity index is 2.01. The highest BCUT2D eigenvalue weighted by Crippen LogP contribution is 2.29. The van der Waals surface area contributed by atoms with Gasteiger partial charge in [-0.05, 0) is 30.5 Å². The largest absolute Gasteiger partial charge is 0.368 e. The summed E-state index contributed by atoms with van der Waals surface area (Å²) in [5.41, 5.74) is 6.29. The minimum Gasteiger partial charge on any atom is -0.368 e. The highest BCUT2D eigenvalue weighted by molar-refractivity contribution is 9.10. The molecule has 4 nitrogen and oxygen atoms in total. The molecular weight excluding hydrogens is 296 g/mol. The van der Waals surface area contributed by atoms with Gasteiger partial charge in [-0.25, -0.2) is 0 Å². The standard InChI is InChI=1S/C13H15BrN2O2/c14-10-3-1-2-8(6-10)7-11(12(15)17)16-13(18)9-4-5-9/h1-3,6,9,11H,4-5,7H2,(H2,15,17)(H,16,18)/t11-/m0/s1. The van der Waals surface area contributed by atoms with Gasteiger partial charge in [-0.2, -0.15) is 0 Å². The molecule has 0 aliphatic heterocycles. The molecule has 18 heavy (non-hydrogen) atoms. The molecule has 0 radical (unpaired) electrons. The monoisotopic (exact) mass is 310 g/mol. The van der Waals surface area contributed by atoms with Crippen LogP contribution in [-0.4, -0.2) is 17.9 Å². The first-order valence-electron chi connectivity index (χ1n) is 5.90. The van der Waals surface area contributed by atoms with Crippen LogP contribution in [0.15, 0.2) is 28.7 Å². The minimum atomic E-state index is -0.632. The molecular formula is C13H15BrN2O2. The van der Waals surface area contributed by atoms with Gasteiger partial charge in [0.05, 0.1) is 0 Å². The summed E-state index contributed by atoms with van der Waals surface area (Å²) in [5, 5.41) is 2.72. The second-order valence-electron chi connectivity index (χ2n) is 4.57. The molecule has 0 unspecified atom stereocenters. The van der Waals surface area contributed by atoms with Crippen LogP contribution in [-0.2, 0) is 16.0 Å². The van der Waals surface area contributed by atoms with Crippen molar-refractivity contribution in [3.05, 3.63) is 34.3 Å². The normalized spacial score (nSPS) is 16.1. The molecule has 1 aliphatic rings. The summed E-state index contributed by atoms with van der Waals surface area (Å²) in [6.45, 7) is 0. The Labute approximate surface area is 114 Å². The van der Waals surface area contributed by atoms with Crippen LogP contribution in [0.4, 0.5) is 0 Å². The Hall–Kier alpha value is -1.36. The van der Waals surface area contributed by atoms with Gasteiger partial charge in [-0.1, -0.05) is 28.1 Å². The van der Waals surface area contributed by atoms with E-state index in [2.05, 4.69) is 21.2 Å². The molecule has 2 amide bonds. The lowest BCUT2D eigenvalue weighted by Gasteiger charge is -2.15. The quantitative estimate of drug-likeness (QED) is 0.862. The summed E-state index contributed by atoms with van der Waals surface area (Å²) in [6.07, 6.45) is 2.25. The number of amides is 2. The van der Waals surface area contributed by atoms with Gasteiger partial charge in [0.15, 0.2) is 0 Å². The number of carbonyl (C=O) groups excluding carboxylic acids is 2. The molecule has 0 saturated heterocycles.